The number of aromatic nitrogens is 4. The van der Waals surface area contributed by atoms with E-state index in [1.165, 1.54) is 22.2 Å². The Labute approximate surface area is 161 Å². The van der Waals surface area contributed by atoms with Crippen molar-refractivity contribution in [3.05, 3.63) is 75.1 Å². The lowest BCUT2D eigenvalue weighted by molar-refractivity contribution is 0.369. The molecule has 27 heavy (non-hydrogen) atoms. The average Bonchev–Trinajstić information content (AvgIpc) is 3.45. The molecular weight excluding hydrogens is 380 g/mol. The monoisotopic (exact) mass is 392 g/mol. The lowest BCUT2D eigenvalue weighted by Crippen LogP contribution is -2.21. The van der Waals surface area contributed by atoms with Crippen molar-refractivity contribution < 1.29 is 4.52 Å². The highest BCUT2D eigenvalue weighted by Gasteiger charge is 2.15. The summed E-state index contributed by atoms with van der Waals surface area (Å²) in [4.78, 5) is 22.6. The van der Waals surface area contributed by atoms with Crippen LogP contribution >= 0.6 is 22.7 Å². The fourth-order valence-corrected chi connectivity index (χ4v) is 4.42. The molecule has 132 valence electrons. The maximum atomic E-state index is 13.1. The molecular formula is C19H12N4O2S2. The van der Waals surface area contributed by atoms with E-state index in [1.807, 2.05) is 52.5 Å². The van der Waals surface area contributed by atoms with Crippen LogP contribution in [0.5, 0.6) is 0 Å². The van der Waals surface area contributed by atoms with Crippen LogP contribution in [0.1, 0.15) is 5.89 Å². The molecule has 4 aromatic heterocycles. The molecule has 0 amide bonds. The summed E-state index contributed by atoms with van der Waals surface area (Å²) in [5.74, 6) is 0.893. The van der Waals surface area contributed by atoms with Gasteiger partial charge in [-0.15, -0.1) is 11.3 Å². The minimum absolute atomic E-state index is 0.115. The number of benzene rings is 1. The molecule has 0 fully saturated rings. The molecule has 0 saturated carbocycles. The summed E-state index contributed by atoms with van der Waals surface area (Å²) in [5.41, 5.74) is 2.68. The summed E-state index contributed by atoms with van der Waals surface area (Å²) >= 11 is 3.03. The number of rotatable bonds is 4. The fourth-order valence-electron chi connectivity index (χ4n) is 2.88. The lowest BCUT2D eigenvalue weighted by Gasteiger charge is -2.03. The van der Waals surface area contributed by atoms with Gasteiger partial charge in [0.25, 0.3) is 5.56 Å². The van der Waals surface area contributed by atoms with E-state index in [4.69, 9.17) is 4.52 Å². The predicted molar refractivity (Wildman–Crippen MR) is 106 cm³/mol. The average molecular weight is 392 g/mol. The van der Waals surface area contributed by atoms with Crippen LogP contribution < -0.4 is 5.56 Å². The van der Waals surface area contributed by atoms with Crippen molar-refractivity contribution in [2.45, 2.75) is 6.54 Å². The molecule has 0 radical (unpaired) electrons. The largest absolute Gasteiger partial charge is 0.337 e. The maximum absolute atomic E-state index is 13.1. The van der Waals surface area contributed by atoms with Crippen molar-refractivity contribution in [3.63, 3.8) is 0 Å². The van der Waals surface area contributed by atoms with E-state index in [2.05, 4.69) is 15.1 Å². The molecule has 0 aliphatic rings. The Bertz CT molecular complexity index is 1270. The second kappa shape index (κ2) is 6.57. The lowest BCUT2D eigenvalue weighted by atomic mass is 10.1. The normalized spacial score (nSPS) is 11.3. The predicted octanol–water partition coefficient (Wildman–Crippen LogP) is 4.28. The standard InChI is InChI=1S/C19H12N4O2S2/c24-19-16-14(12-4-2-1-3-5-12)10-27-18(16)20-11-23(19)8-15-21-17(22-25-15)13-6-7-26-9-13/h1-7,9-11H,8H2. The number of fused-ring (bicyclic) bond motifs is 1. The zero-order valence-electron chi connectivity index (χ0n) is 13.9. The summed E-state index contributed by atoms with van der Waals surface area (Å²) < 4.78 is 6.82. The van der Waals surface area contributed by atoms with Crippen LogP contribution in [-0.2, 0) is 6.54 Å². The van der Waals surface area contributed by atoms with Crippen molar-refractivity contribution in [2.24, 2.45) is 0 Å². The van der Waals surface area contributed by atoms with Gasteiger partial charge in [-0.05, 0) is 17.0 Å². The Kier molecular flexibility index (Phi) is 3.92. The van der Waals surface area contributed by atoms with E-state index in [0.717, 1.165) is 21.5 Å². The Morgan fingerprint density at radius 1 is 1.07 bits per heavy atom. The topological polar surface area (TPSA) is 73.8 Å². The van der Waals surface area contributed by atoms with Crippen LogP contribution in [0, 0.1) is 0 Å². The van der Waals surface area contributed by atoms with E-state index in [-0.39, 0.29) is 12.1 Å². The van der Waals surface area contributed by atoms with E-state index in [1.54, 1.807) is 11.3 Å². The van der Waals surface area contributed by atoms with Gasteiger partial charge in [0.2, 0.25) is 11.7 Å². The van der Waals surface area contributed by atoms with Crippen LogP contribution in [0.3, 0.4) is 0 Å². The van der Waals surface area contributed by atoms with Gasteiger partial charge < -0.3 is 4.52 Å². The summed E-state index contributed by atoms with van der Waals surface area (Å²) in [7, 11) is 0. The van der Waals surface area contributed by atoms with Crippen LogP contribution in [0.25, 0.3) is 32.7 Å². The molecule has 0 spiro atoms. The van der Waals surface area contributed by atoms with E-state index in [0.29, 0.717) is 17.1 Å². The molecule has 5 rings (SSSR count). The van der Waals surface area contributed by atoms with Crippen molar-refractivity contribution in [1.29, 1.82) is 0 Å². The first-order valence-electron chi connectivity index (χ1n) is 8.17. The molecule has 0 N–H and O–H groups in total. The van der Waals surface area contributed by atoms with Crippen molar-refractivity contribution in [3.8, 4) is 22.5 Å². The van der Waals surface area contributed by atoms with Gasteiger partial charge >= 0.3 is 0 Å². The number of nitrogens with zero attached hydrogens (tertiary/aromatic N) is 4. The van der Waals surface area contributed by atoms with Crippen LogP contribution in [0.15, 0.2) is 68.2 Å². The summed E-state index contributed by atoms with van der Waals surface area (Å²) in [6.45, 7) is 0.184. The molecule has 0 aliphatic carbocycles. The maximum Gasteiger partial charge on any atom is 0.263 e. The van der Waals surface area contributed by atoms with Crippen molar-refractivity contribution >= 4 is 32.9 Å². The Morgan fingerprint density at radius 3 is 2.78 bits per heavy atom. The van der Waals surface area contributed by atoms with Gasteiger partial charge in [-0.25, -0.2) is 4.98 Å². The molecule has 0 atom stereocenters. The van der Waals surface area contributed by atoms with Gasteiger partial charge in [-0.1, -0.05) is 35.5 Å². The highest BCUT2D eigenvalue weighted by Crippen LogP contribution is 2.30. The van der Waals surface area contributed by atoms with E-state index in [9.17, 15) is 4.79 Å². The van der Waals surface area contributed by atoms with Crippen LogP contribution in [-0.4, -0.2) is 19.7 Å². The van der Waals surface area contributed by atoms with Gasteiger partial charge in [0.05, 0.1) is 11.7 Å². The van der Waals surface area contributed by atoms with Crippen LogP contribution in [0.2, 0.25) is 0 Å². The summed E-state index contributed by atoms with van der Waals surface area (Å²) in [5, 5.41) is 10.5. The highest BCUT2D eigenvalue weighted by atomic mass is 32.1. The smallest absolute Gasteiger partial charge is 0.263 e. The van der Waals surface area contributed by atoms with Crippen molar-refractivity contribution in [1.82, 2.24) is 19.7 Å². The number of hydrogen-bond acceptors (Lipinski definition) is 7. The fraction of sp³-hybridized carbons (Fsp3) is 0.0526. The minimum atomic E-state index is -0.115. The quantitative estimate of drug-likeness (QED) is 0.456. The van der Waals surface area contributed by atoms with Gasteiger partial charge in [0.15, 0.2) is 0 Å². The Hall–Kier alpha value is -3.10. The Morgan fingerprint density at radius 2 is 1.96 bits per heavy atom. The minimum Gasteiger partial charge on any atom is -0.337 e. The Balaban J connectivity index is 1.55. The molecule has 0 bridgehead atoms. The molecule has 5 aromatic rings. The third kappa shape index (κ3) is 2.88. The summed E-state index contributed by atoms with van der Waals surface area (Å²) in [6, 6.07) is 11.8. The zero-order chi connectivity index (χ0) is 18.2. The molecule has 1 aromatic carbocycles. The molecule has 4 heterocycles. The van der Waals surface area contributed by atoms with Gasteiger partial charge in [-0.2, -0.15) is 16.3 Å². The van der Waals surface area contributed by atoms with Gasteiger partial charge in [0.1, 0.15) is 11.4 Å². The second-order valence-corrected chi connectivity index (χ2v) is 7.54. The van der Waals surface area contributed by atoms with Crippen molar-refractivity contribution in [2.75, 3.05) is 0 Å². The van der Waals surface area contributed by atoms with Gasteiger partial charge in [0, 0.05) is 21.9 Å². The third-order valence-electron chi connectivity index (χ3n) is 4.20. The molecule has 8 heteroatoms. The number of hydrogen-bond donors (Lipinski definition) is 0. The van der Waals surface area contributed by atoms with E-state index < -0.39 is 0 Å². The first-order chi connectivity index (χ1) is 13.3. The third-order valence-corrected chi connectivity index (χ3v) is 5.77. The number of thiophene rings is 2. The molecule has 0 saturated heterocycles. The zero-order valence-corrected chi connectivity index (χ0v) is 15.5. The SMILES string of the molecule is O=c1c2c(-c3ccccc3)csc2ncn1Cc1nc(-c2ccsc2)no1. The molecule has 0 unspecified atom stereocenters. The molecule has 6 nitrogen and oxygen atoms in total. The summed E-state index contributed by atoms with van der Waals surface area (Å²) in [6.07, 6.45) is 1.53. The van der Waals surface area contributed by atoms with Gasteiger partial charge in [-0.3, -0.25) is 9.36 Å². The second-order valence-electron chi connectivity index (χ2n) is 5.90. The molecule has 0 aliphatic heterocycles. The van der Waals surface area contributed by atoms with Crippen LogP contribution in [0.4, 0.5) is 0 Å². The first kappa shape index (κ1) is 16.1. The van der Waals surface area contributed by atoms with E-state index >= 15 is 0 Å². The highest BCUT2D eigenvalue weighted by molar-refractivity contribution is 7.17. The first-order valence-corrected chi connectivity index (χ1v) is 9.99.